The Kier molecular flexibility index (Phi) is 6.63. The zero-order chi connectivity index (χ0) is 14.9. The maximum absolute atomic E-state index is 12.7. The van der Waals surface area contributed by atoms with Crippen LogP contribution < -0.4 is 10.6 Å². The summed E-state index contributed by atoms with van der Waals surface area (Å²) in [4.78, 5) is 12.7. The molecular formula is C19H23OP. The highest BCUT2D eigenvalue weighted by atomic mass is 31.1. The molecule has 2 aromatic rings. The topological polar surface area (TPSA) is 17.1 Å². The average molecular weight is 298 g/mol. The Morgan fingerprint density at radius 3 is 1.81 bits per heavy atom. The van der Waals surface area contributed by atoms with E-state index < -0.39 is 7.92 Å². The second-order valence-corrected chi connectivity index (χ2v) is 7.41. The van der Waals surface area contributed by atoms with E-state index in [4.69, 9.17) is 0 Å². The Morgan fingerprint density at radius 2 is 1.33 bits per heavy atom. The number of rotatable bonds is 8. The first-order valence-corrected chi connectivity index (χ1v) is 9.10. The highest BCUT2D eigenvalue weighted by molar-refractivity contribution is 7.87. The molecule has 2 aromatic carbocycles. The molecule has 0 spiro atoms. The molecule has 1 nitrogen and oxygen atoms in total. The largest absolute Gasteiger partial charge is 0.294 e. The summed E-state index contributed by atoms with van der Waals surface area (Å²) in [5.74, 6) is 0. The van der Waals surface area contributed by atoms with Gasteiger partial charge in [-0.15, -0.1) is 0 Å². The van der Waals surface area contributed by atoms with Crippen molar-refractivity contribution in [2.45, 2.75) is 39.0 Å². The minimum atomic E-state index is -0.872. The molecule has 0 heterocycles. The fourth-order valence-electron chi connectivity index (χ4n) is 2.41. The third-order valence-corrected chi connectivity index (χ3v) is 5.87. The number of benzene rings is 2. The summed E-state index contributed by atoms with van der Waals surface area (Å²) in [7, 11) is -0.872. The minimum absolute atomic E-state index is 0.401. The van der Waals surface area contributed by atoms with Crippen molar-refractivity contribution in [1.29, 1.82) is 0 Å². The smallest absolute Gasteiger partial charge is 0.163 e. The van der Waals surface area contributed by atoms with Gasteiger partial charge in [0.15, 0.2) is 5.52 Å². The van der Waals surface area contributed by atoms with E-state index in [0.717, 1.165) is 12.8 Å². The highest BCUT2D eigenvalue weighted by Crippen LogP contribution is 2.36. The lowest BCUT2D eigenvalue weighted by Gasteiger charge is -2.17. The molecule has 0 saturated heterocycles. The van der Waals surface area contributed by atoms with Crippen LogP contribution in [0.25, 0.3) is 0 Å². The summed E-state index contributed by atoms with van der Waals surface area (Å²) >= 11 is 0. The Bertz CT molecular complexity index is 497. The van der Waals surface area contributed by atoms with Gasteiger partial charge in [0.05, 0.1) is 0 Å². The molecular weight excluding hydrogens is 275 g/mol. The molecule has 0 bridgehead atoms. The number of carbonyl (C=O) groups excluding carboxylic acids is 1. The molecule has 0 radical (unpaired) electrons. The predicted octanol–water partition coefficient (Wildman–Crippen LogP) is 4.62. The normalized spacial score (nSPS) is 10.8. The van der Waals surface area contributed by atoms with E-state index in [1.165, 1.54) is 23.5 Å². The third kappa shape index (κ3) is 4.79. The maximum atomic E-state index is 12.7. The summed E-state index contributed by atoms with van der Waals surface area (Å²) in [6, 6.07) is 20.5. The molecule has 0 fully saturated rings. The zero-order valence-electron chi connectivity index (χ0n) is 12.7. The molecule has 0 amide bonds. The fourth-order valence-corrected chi connectivity index (χ4v) is 4.60. The van der Waals surface area contributed by atoms with E-state index in [2.05, 4.69) is 31.2 Å². The fraction of sp³-hybridized carbons (Fsp3) is 0.316. The molecule has 0 aliphatic carbocycles. The van der Waals surface area contributed by atoms with Crippen LogP contribution in [0.1, 0.15) is 39.0 Å². The highest BCUT2D eigenvalue weighted by Gasteiger charge is 2.21. The van der Waals surface area contributed by atoms with Gasteiger partial charge in [0.2, 0.25) is 0 Å². The van der Waals surface area contributed by atoms with Crippen molar-refractivity contribution in [2.75, 3.05) is 0 Å². The average Bonchev–Trinajstić information content (AvgIpc) is 2.54. The molecule has 2 heteroatoms. The van der Waals surface area contributed by atoms with E-state index in [1.807, 2.05) is 36.4 Å². The van der Waals surface area contributed by atoms with Crippen LogP contribution in [0.3, 0.4) is 0 Å². The van der Waals surface area contributed by atoms with Crippen molar-refractivity contribution in [2.24, 2.45) is 0 Å². The number of hydrogen-bond donors (Lipinski definition) is 0. The van der Waals surface area contributed by atoms with Crippen molar-refractivity contribution >= 4 is 24.1 Å². The maximum Gasteiger partial charge on any atom is 0.163 e. The van der Waals surface area contributed by atoms with E-state index in [9.17, 15) is 4.79 Å². The van der Waals surface area contributed by atoms with E-state index in [0.29, 0.717) is 11.9 Å². The Balaban J connectivity index is 2.15. The molecule has 0 aliphatic rings. The molecule has 21 heavy (non-hydrogen) atoms. The molecule has 0 aromatic heterocycles. The molecule has 0 N–H and O–H groups in total. The summed E-state index contributed by atoms with van der Waals surface area (Å²) in [5, 5.41) is 2.33. The van der Waals surface area contributed by atoms with Crippen LogP contribution in [-0.2, 0) is 4.79 Å². The summed E-state index contributed by atoms with van der Waals surface area (Å²) in [6.07, 6.45) is 5.32. The van der Waals surface area contributed by atoms with Gasteiger partial charge < -0.3 is 0 Å². The molecule has 0 saturated carbocycles. The van der Waals surface area contributed by atoms with Gasteiger partial charge in [-0.25, -0.2) is 0 Å². The molecule has 2 rings (SSSR count). The molecule has 0 unspecified atom stereocenters. The number of hydrogen-bond acceptors (Lipinski definition) is 1. The van der Waals surface area contributed by atoms with Crippen LogP contribution in [0.15, 0.2) is 60.7 Å². The quantitative estimate of drug-likeness (QED) is 0.513. The van der Waals surface area contributed by atoms with E-state index in [1.54, 1.807) is 0 Å². The lowest BCUT2D eigenvalue weighted by Crippen LogP contribution is -2.17. The first kappa shape index (κ1) is 15.9. The zero-order valence-corrected chi connectivity index (χ0v) is 13.6. The molecule has 110 valence electrons. The SMILES string of the molecule is CCCCCCC(=O)P(c1ccccc1)c1ccccc1. The summed E-state index contributed by atoms with van der Waals surface area (Å²) < 4.78 is 0. The lowest BCUT2D eigenvalue weighted by molar-refractivity contribution is -0.111. The summed E-state index contributed by atoms with van der Waals surface area (Å²) in [5.41, 5.74) is 0.401. The van der Waals surface area contributed by atoms with E-state index >= 15 is 0 Å². The van der Waals surface area contributed by atoms with Crippen LogP contribution in [0.4, 0.5) is 0 Å². The second-order valence-electron chi connectivity index (χ2n) is 5.21. The second kappa shape index (κ2) is 8.74. The predicted molar refractivity (Wildman–Crippen MR) is 92.8 cm³/mol. The monoisotopic (exact) mass is 298 g/mol. The molecule has 0 atom stereocenters. The first-order chi connectivity index (χ1) is 10.3. The van der Waals surface area contributed by atoms with Gasteiger partial charge in [-0.05, 0) is 17.0 Å². The van der Waals surface area contributed by atoms with Crippen LogP contribution >= 0.6 is 7.92 Å². The standard InChI is InChI=1S/C19H23OP/c1-2-3-4-11-16-19(20)21(17-12-7-5-8-13-17)18-14-9-6-10-15-18/h5-10,12-15H,2-4,11,16H2,1H3. The van der Waals surface area contributed by atoms with Crippen LogP contribution in [0, 0.1) is 0 Å². The van der Waals surface area contributed by atoms with Crippen LogP contribution in [0.5, 0.6) is 0 Å². The van der Waals surface area contributed by atoms with Gasteiger partial charge in [0.25, 0.3) is 0 Å². The minimum Gasteiger partial charge on any atom is -0.294 e. The van der Waals surface area contributed by atoms with Gasteiger partial charge >= 0.3 is 0 Å². The van der Waals surface area contributed by atoms with Gasteiger partial charge in [-0.3, -0.25) is 4.79 Å². The van der Waals surface area contributed by atoms with Crippen molar-refractivity contribution in [3.8, 4) is 0 Å². The lowest BCUT2D eigenvalue weighted by atomic mass is 10.2. The van der Waals surface area contributed by atoms with Crippen molar-refractivity contribution in [3.63, 3.8) is 0 Å². The van der Waals surface area contributed by atoms with Crippen molar-refractivity contribution in [3.05, 3.63) is 60.7 Å². The first-order valence-electron chi connectivity index (χ1n) is 7.76. The van der Waals surface area contributed by atoms with E-state index in [-0.39, 0.29) is 0 Å². The Labute approximate surface area is 129 Å². The van der Waals surface area contributed by atoms with Crippen LogP contribution in [0.2, 0.25) is 0 Å². The van der Waals surface area contributed by atoms with Crippen molar-refractivity contribution in [1.82, 2.24) is 0 Å². The molecule has 0 aliphatic heterocycles. The Hall–Kier alpha value is -1.46. The number of carbonyl (C=O) groups is 1. The van der Waals surface area contributed by atoms with Gasteiger partial charge in [-0.2, -0.15) is 0 Å². The summed E-state index contributed by atoms with van der Waals surface area (Å²) in [6.45, 7) is 2.20. The number of unbranched alkanes of at least 4 members (excludes halogenated alkanes) is 3. The van der Waals surface area contributed by atoms with Crippen LogP contribution in [-0.4, -0.2) is 5.52 Å². The van der Waals surface area contributed by atoms with Gasteiger partial charge in [0.1, 0.15) is 0 Å². The van der Waals surface area contributed by atoms with Crippen molar-refractivity contribution < 1.29 is 4.79 Å². The third-order valence-electron chi connectivity index (χ3n) is 3.52. The van der Waals surface area contributed by atoms with Gasteiger partial charge in [-0.1, -0.05) is 86.8 Å². The van der Waals surface area contributed by atoms with Gasteiger partial charge in [0, 0.05) is 14.3 Å². The Morgan fingerprint density at radius 1 is 0.810 bits per heavy atom.